The van der Waals surface area contributed by atoms with E-state index in [-0.39, 0.29) is 36.4 Å². The highest BCUT2D eigenvalue weighted by molar-refractivity contribution is 7.99. The summed E-state index contributed by atoms with van der Waals surface area (Å²) in [5, 5.41) is 37.7. The van der Waals surface area contributed by atoms with Crippen LogP contribution in [-0.2, 0) is 25.7 Å². The zero-order chi connectivity index (χ0) is 36.3. The summed E-state index contributed by atoms with van der Waals surface area (Å²) >= 11 is 1.46. The maximum Gasteiger partial charge on any atom is 0.224 e. The van der Waals surface area contributed by atoms with Crippen LogP contribution in [0.4, 0.5) is 17.1 Å². The van der Waals surface area contributed by atoms with E-state index in [1.807, 2.05) is 60.7 Å². The van der Waals surface area contributed by atoms with E-state index in [9.17, 15) is 19.8 Å². The van der Waals surface area contributed by atoms with Gasteiger partial charge in [0.2, 0.25) is 17.0 Å². The summed E-state index contributed by atoms with van der Waals surface area (Å²) in [6.45, 7) is -0.0420. The number of amides is 2. The minimum absolute atomic E-state index is 0.0420. The standard InChI is InChI=1S/C38H41N7O6S/c39-32-6-4-5-7-33(32)41-36(49)9-3-1-2-8-35(48)40-28-16-14-27(15-17-28)37-50-31(22-34(51-37)26-12-10-25(23-46)11-13-26)24-52-38-42-43-44-45(38)29-18-20-30(47)21-19-29/h4-7,10-21,31,34,37,46-47H,1-3,8-9,22-24,39H2,(H,40,48)(H,41,49)/t31-,34+,37+/m0/s1. The molecule has 0 unspecified atom stereocenters. The van der Waals surface area contributed by atoms with Crippen molar-refractivity contribution < 1.29 is 29.3 Å². The maximum absolute atomic E-state index is 12.7. The number of benzene rings is 4. The van der Waals surface area contributed by atoms with E-state index in [4.69, 9.17) is 15.2 Å². The summed E-state index contributed by atoms with van der Waals surface area (Å²) in [4.78, 5) is 24.9. The molecule has 6 rings (SSSR count). The number of nitrogens with one attached hydrogen (secondary N) is 2. The molecule has 0 spiro atoms. The van der Waals surface area contributed by atoms with Crippen LogP contribution >= 0.6 is 11.8 Å². The van der Waals surface area contributed by atoms with Crippen molar-refractivity contribution in [3.05, 3.63) is 114 Å². The number of phenolic OH excluding ortho intramolecular Hbond substituents is 1. The summed E-state index contributed by atoms with van der Waals surface area (Å²) in [6, 6.07) is 28.9. The predicted molar refractivity (Wildman–Crippen MR) is 198 cm³/mol. The van der Waals surface area contributed by atoms with Gasteiger partial charge in [-0.25, -0.2) is 0 Å². The number of hydrogen-bond acceptors (Lipinski definition) is 11. The number of nitrogen functional groups attached to an aromatic ring is 1. The topological polar surface area (TPSA) is 187 Å². The Hall–Kier alpha value is -5.28. The quantitative estimate of drug-likeness (QED) is 0.0463. The molecule has 0 aliphatic carbocycles. The number of para-hydroxylation sites is 2. The lowest BCUT2D eigenvalue weighted by Crippen LogP contribution is -2.31. The summed E-state index contributed by atoms with van der Waals surface area (Å²) < 4.78 is 14.5. The first-order chi connectivity index (χ1) is 25.3. The number of rotatable bonds is 15. The van der Waals surface area contributed by atoms with Crippen molar-refractivity contribution in [2.24, 2.45) is 0 Å². The average Bonchev–Trinajstić information content (AvgIpc) is 3.64. The number of phenols is 1. The van der Waals surface area contributed by atoms with Crippen molar-refractivity contribution in [1.82, 2.24) is 20.2 Å². The summed E-state index contributed by atoms with van der Waals surface area (Å²) in [5.41, 5.74) is 11.0. The van der Waals surface area contributed by atoms with Crippen molar-refractivity contribution in [3.63, 3.8) is 0 Å². The van der Waals surface area contributed by atoms with Crippen LogP contribution in [0.1, 0.15) is 67.6 Å². The SMILES string of the molecule is Nc1ccccc1NC(=O)CCCCCC(=O)Nc1ccc([C@@H]2O[C@H](CSc3nnnn3-c3ccc(O)cc3)C[C@H](c3ccc(CO)cc3)O2)cc1. The van der Waals surface area contributed by atoms with E-state index in [0.29, 0.717) is 60.1 Å². The molecule has 1 aliphatic rings. The molecule has 4 aromatic carbocycles. The summed E-state index contributed by atoms with van der Waals surface area (Å²) in [7, 11) is 0. The van der Waals surface area contributed by atoms with Crippen LogP contribution in [0.3, 0.4) is 0 Å². The third-order valence-corrected chi connectivity index (χ3v) is 9.61. The number of aromatic hydroxyl groups is 1. The fourth-order valence-electron chi connectivity index (χ4n) is 5.73. The number of carbonyl (C=O) groups is 2. The Labute approximate surface area is 305 Å². The average molecular weight is 724 g/mol. The zero-order valence-electron chi connectivity index (χ0n) is 28.4. The molecule has 52 heavy (non-hydrogen) atoms. The lowest BCUT2D eigenvalue weighted by atomic mass is 10.0. The van der Waals surface area contributed by atoms with Crippen molar-refractivity contribution >= 4 is 40.6 Å². The zero-order valence-corrected chi connectivity index (χ0v) is 29.2. The molecule has 2 heterocycles. The molecule has 1 aromatic heterocycles. The Kier molecular flexibility index (Phi) is 12.5. The molecule has 1 fully saturated rings. The number of hydrogen-bond donors (Lipinski definition) is 5. The Morgan fingerprint density at radius 1 is 0.846 bits per heavy atom. The Morgan fingerprint density at radius 3 is 2.25 bits per heavy atom. The third kappa shape index (κ3) is 9.94. The van der Waals surface area contributed by atoms with Crippen LogP contribution in [0.25, 0.3) is 5.69 Å². The van der Waals surface area contributed by atoms with Gasteiger partial charge < -0.3 is 36.1 Å². The Balaban J connectivity index is 1.02. The molecule has 13 nitrogen and oxygen atoms in total. The fraction of sp³-hybridized carbons (Fsp3) is 0.289. The third-order valence-electron chi connectivity index (χ3n) is 8.56. The van der Waals surface area contributed by atoms with Gasteiger partial charge in [0.15, 0.2) is 6.29 Å². The van der Waals surface area contributed by atoms with Crippen LogP contribution in [0.2, 0.25) is 0 Å². The van der Waals surface area contributed by atoms with Gasteiger partial charge in [0.05, 0.1) is 35.9 Å². The molecular formula is C38H41N7O6S. The van der Waals surface area contributed by atoms with Gasteiger partial charge in [-0.15, -0.1) is 5.10 Å². The first kappa shape index (κ1) is 36.5. The van der Waals surface area contributed by atoms with Gasteiger partial charge in [-0.3, -0.25) is 9.59 Å². The van der Waals surface area contributed by atoms with Crippen LogP contribution < -0.4 is 16.4 Å². The maximum atomic E-state index is 12.7. The van der Waals surface area contributed by atoms with Gasteiger partial charge in [-0.05, 0) is 82.9 Å². The van der Waals surface area contributed by atoms with Crippen LogP contribution in [0.15, 0.2) is 102 Å². The highest BCUT2D eigenvalue weighted by Crippen LogP contribution is 2.39. The number of carbonyl (C=O) groups excluding carboxylic acids is 2. The van der Waals surface area contributed by atoms with Gasteiger partial charge in [0, 0.05) is 36.3 Å². The second-order valence-corrected chi connectivity index (χ2v) is 13.4. The van der Waals surface area contributed by atoms with E-state index < -0.39 is 6.29 Å². The monoisotopic (exact) mass is 723 g/mol. The van der Waals surface area contributed by atoms with E-state index in [0.717, 1.165) is 28.8 Å². The van der Waals surface area contributed by atoms with E-state index >= 15 is 0 Å². The highest BCUT2D eigenvalue weighted by Gasteiger charge is 2.32. The lowest BCUT2D eigenvalue weighted by molar-refractivity contribution is -0.245. The van der Waals surface area contributed by atoms with Gasteiger partial charge in [0.25, 0.3) is 0 Å². The Bertz CT molecular complexity index is 1920. The van der Waals surface area contributed by atoms with Gasteiger partial charge in [-0.1, -0.05) is 66.7 Å². The largest absolute Gasteiger partial charge is 0.508 e. The number of aromatic nitrogens is 4. The van der Waals surface area contributed by atoms with E-state index in [2.05, 4.69) is 26.2 Å². The lowest BCUT2D eigenvalue weighted by Gasteiger charge is -2.36. The molecular weight excluding hydrogens is 683 g/mol. The van der Waals surface area contributed by atoms with Gasteiger partial charge >= 0.3 is 0 Å². The number of thioether (sulfide) groups is 1. The van der Waals surface area contributed by atoms with Crippen molar-refractivity contribution in [2.75, 3.05) is 22.1 Å². The predicted octanol–water partition coefficient (Wildman–Crippen LogP) is 6.31. The number of nitrogens with two attached hydrogens (primary N) is 1. The molecule has 0 bridgehead atoms. The molecule has 14 heteroatoms. The van der Waals surface area contributed by atoms with Crippen LogP contribution in [0, 0.1) is 0 Å². The molecule has 270 valence electrons. The second-order valence-electron chi connectivity index (χ2n) is 12.4. The highest BCUT2D eigenvalue weighted by atomic mass is 32.2. The number of tetrazole rings is 1. The van der Waals surface area contributed by atoms with E-state index in [1.54, 1.807) is 41.1 Å². The number of aliphatic hydroxyl groups excluding tert-OH is 1. The molecule has 0 radical (unpaired) electrons. The molecule has 3 atom stereocenters. The number of anilines is 3. The normalized spacial score (nSPS) is 17.1. The summed E-state index contributed by atoms with van der Waals surface area (Å²) in [6.07, 6.45) is 2.20. The first-order valence-corrected chi connectivity index (χ1v) is 18.1. The van der Waals surface area contributed by atoms with Crippen molar-refractivity contribution in [1.29, 1.82) is 0 Å². The number of nitrogens with zero attached hydrogens (tertiary/aromatic N) is 4. The smallest absolute Gasteiger partial charge is 0.224 e. The number of aliphatic hydroxyl groups is 1. The fourth-order valence-corrected chi connectivity index (χ4v) is 6.64. The minimum Gasteiger partial charge on any atom is -0.508 e. The minimum atomic E-state index is -0.671. The summed E-state index contributed by atoms with van der Waals surface area (Å²) in [5.74, 6) is 0.501. The molecule has 0 saturated carbocycles. The van der Waals surface area contributed by atoms with Gasteiger partial charge in [-0.2, -0.15) is 4.68 Å². The second kappa shape index (κ2) is 17.8. The van der Waals surface area contributed by atoms with Crippen LogP contribution in [0.5, 0.6) is 5.75 Å². The number of ether oxygens (including phenoxy) is 2. The molecule has 5 aromatic rings. The molecule has 1 aliphatic heterocycles. The molecule has 2 amide bonds. The van der Waals surface area contributed by atoms with E-state index in [1.165, 1.54) is 11.8 Å². The van der Waals surface area contributed by atoms with Crippen molar-refractivity contribution in [2.45, 2.75) is 68.8 Å². The van der Waals surface area contributed by atoms with Crippen molar-refractivity contribution in [3.8, 4) is 11.4 Å². The molecule has 1 saturated heterocycles. The van der Waals surface area contributed by atoms with Crippen LogP contribution in [-0.4, -0.2) is 54.1 Å². The first-order valence-electron chi connectivity index (χ1n) is 17.1. The molecule has 6 N–H and O–H groups in total. The Morgan fingerprint density at radius 2 is 1.54 bits per heavy atom. The number of unbranched alkanes of at least 4 members (excludes halogenated alkanes) is 2. The van der Waals surface area contributed by atoms with Gasteiger partial charge in [0.1, 0.15) is 5.75 Å².